The molecule has 0 spiro atoms. The zero-order valence-electron chi connectivity index (χ0n) is 15.2. The second kappa shape index (κ2) is 8.07. The molecule has 0 aliphatic rings. The number of halogens is 1. The van der Waals surface area contributed by atoms with Gasteiger partial charge in [0.15, 0.2) is 11.6 Å². The molecule has 0 radical (unpaired) electrons. The first-order valence-corrected chi connectivity index (χ1v) is 8.75. The summed E-state index contributed by atoms with van der Waals surface area (Å²) >= 11 is 0. The SMILES string of the molecule is O=C(O)n1ccc2c(F)c(Oc3cc(COCc4ccccc4)ncn3)ccc21. The monoisotopic (exact) mass is 393 g/mol. The van der Waals surface area contributed by atoms with Crippen molar-refractivity contribution in [2.24, 2.45) is 0 Å². The van der Waals surface area contributed by atoms with E-state index in [1.807, 2.05) is 30.3 Å². The van der Waals surface area contributed by atoms with E-state index < -0.39 is 11.9 Å². The van der Waals surface area contributed by atoms with Gasteiger partial charge in [-0.1, -0.05) is 30.3 Å². The van der Waals surface area contributed by atoms with Crippen molar-refractivity contribution in [2.45, 2.75) is 13.2 Å². The Balaban J connectivity index is 1.47. The Hall–Kier alpha value is -3.78. The van der Waals surface area contributed by atoms with Gasteiger partial charge in [-0.15, -0.1) is 0 Å². The van der Waals surface area contributed by atoms with Crippen LogP contribution in [0.1, 0.15) is 11.3 Å². The summed E-state index contributed by atoms with van der Waals surface area (Å²) in [5, 5.41) is 9.27. The molecule has 146 valence electrons. The smallest absolute Gasteiger partial charge is 0.416 e. The first-order valence-electron chi connectivity index (χ1n) is 8.75. The predicted octanol–water partition coefficient (Wildman–Crippen LogP) is 4.61. The topological polar surface area (TPSA) is 86.5 Å². The van der Waals surface area contributed by atoms with Crippen LogP contribution in [0.25, 0.3) is 10.9 Å². The molecule has 0 saturated heterocycles. The molecule has 2 aromatic heterocycles. The van der Waals surface area contributed by atoms with Crippen molar-refractivity contribution in [1.82, 2.24) is 14.5 Å². The Bertz CT molecular complexity index is 1160. The van der Waals surface area contributed by atoms with Gasteiger partial charge >= 0.3 is 6.09 Å². The van der Waals surface area contributed by atoms with Gasteiger partial charge in [0.25, 0.3) is 0 Å². The van der Waals surface area contributed by atoms with Gasteiger partial charge in [0.2, 0.25) is 5.88 Å². The molecule has 1 N–H and O–H groups in total. The minimum Gasteiger partial charge on any atom is -0.464 e. The number of benzene rings is 2. The van der Waals surface area contributed by atoms with Crippen LogP contribution in [0.3, 0.4) is 0 Å². The summed E-state index contributed by atoms with van der Waals surface area (Å²) in [5.74, 6) is -0.562. The lowest BCUT2D eigenvalue weighted by Crippen LogP contribution is -2.05. The summed E-state index contributed by atoms with van der Waals surface area (Å²) in [4.78, 5) is 19.3. The minimum absolute atomic E-state index is 0.0597. The normalized spacial score (nSPS) is 10.9. The highest BCUT2D eigenvalue weighted by atomic mass is 19.1. The molecular weight excluding hydrogens is 377 g/mol. The molecule has 0 bridgehead atoms. The lowest BCUT2D eigenvalue weighted by atomic mass is 10.2. The Kier molecular flexibility index (Phi) is 5.17. The Morgan fingerprint density at radius 3 is 2.69 bits per heavy atom. The molecule has 0 amide bonds. The van der Waals surface area contributed by atoms with Crippen LogP contribution in [0.2, 0.25) is 0 Å². The maximum Gasteiger partial charge on any atom is 0.416 e. The van der Waals surface area contributed by atoms with Crippen LogP contribution < -0.4 is 4.74 Å². The van der Waals surface area contributed by atoms with E-state index in [9.17, 15) is 9.18 Å². The van der Waals surface area contributed by atoms with Crippen molar-refractivity contribution in [3.8, 4) is 11.6 Å². The van der Waals surface area contributed by atoms with E-state index in [1.54, 1.807) is 6.07 Å². The molecule has 4 rings (SSSR count). The molecule has 0 saturated carbocycles. The van der Waals surface area contributed by atoms with Crippen molar-refractivity contribution < 1.29 is 23.8 Å². The van der Waals surface area contributed by atoms with Gasteiger partial charge in [0.05, 0.1) is 24.4 Å². The third-order valence-electron chi connectivity index (χ3n) is 4.25. The molecule has 0 unspecified atom stereocenters. The summed E-state index contributed by atoms with van der Waals surface area (Å²) in [7, 11) is 0. The Morgan fingerprint density at radius 2 is 1.90 bits per heavy atom. The summed E-state index contributed by atoms with van der Waals surface area (Å²) in [5.41, 5.74) is 1.87. The second-order valence-electron chi connectivity index (χ2n) is 6.21. The average Bonchev–Trinajstić information content (AvgIpc) is 3.17. The van der Waals surface area contributed by atoms with Crippen LogP contribution in [0, 0.1) is 5.82 Å². The number of fused-ring (bicyclic) bond motifs is 1. The van der Waals surface area contributed by atoms with Crippen LogP contribution in [-0.2, 0) is 18.0 Å². The second-order valence-corrected chi connectivity index (χ2v) is 6.21. The first-order chi connectivity index (χ1) is 14.1. The number of hydrogen-bond acceptors (Lipinski definition) is 5. The number of hydrogen-bond donors (Lipinski definition) is 1. The summed E-state index contributed by atoms with van der Waals surface area (Å²) in [6.45, 7) is 0.684. The van der Waals surface area contributed by atoms with Crippen LogP contribution in [0.5, 0.6) is 11.6 Å². The van der Waals surface area contributed by atoms with Crippen molar-refractivity contribution in [1.29, 1.82) is 0 Å². The average molecular weight is 393 g/mol. The molecule has 2 heterocycles. The number of rotatable bonds is 6. The number of aromatic nitrogens is 3. The van der Waals surface area contributed by atoms with Crippen LogP contribution >= 0.6 is 0 Å². The zero-order valence-corrected chi connectivity index (χ0v) is 15.2. The molecule has 0 atom stereocenters. The van der Waals surface area contributed by atoms with Crippen molar-refractivity contribution in [2.75, 3.05) is 0 Å². The van der Waals surface area contributed by atoms with E-state index >= 15 is 0 Å². The van der Waals surface area contributed by atoms with E-state index in [4.69, 9.17) is 14.6 Å². The molecule has 0 fully saturated rings. The highest BCUT2D eigenvalue weighted by Crippen LogP contribution is 2.30. The van der Waals surface area contributed by atoms with Crippen LogP contribution in [-0.4, -0.2) is 25.7 Å². The maximum absolute atomic E-state index is 14.7. The molecule has 7 nitrogen and oxygen atoms in total. The van der Waals surface area contributed by atoms with Gasteiger partial charge in [-0.3, -0.25) is 4.57 Å². The van der Waals surface area contributed by atoms with Gasteiger partial charge in [-0.2, -0.15) is 0 Å². The van der Waals surface area contributed by atoms with Gasteiger partial charge in [0.1, 0.15) is 6.33 Å². The molecule has 0 aliphatic heterocycles. The van der Waals surface area contributed by atoms with Gasteiger partial charge in [-0.25, -0.2) is 19.2 Å². The molecule has 8 heteroatoms. The third-order valence-corrected chi connectivity index (χ3v) is 4.25. The van der Waals surface area contributed by atoms with E-state index in [-0.39, 0.29) is 29.1 Å². The van der Waals surface area contributed by atoms with Crippen molar-refractivity contribution in [3.63, 3.8) is 0 Å². The highest BCUT2D eigenvalue weighted by molar-refractivity contribution is 5.90. The van der Waals surface area contributed by atoms with E-state index in [1.165, 1.54) is 30.7 Å². The third kappa shape index (κ3) is 4.07. The summed E-state index contributed by atoms with van der Waals surface area (Å²) in [6.07, 6.45) is 1.41. The predicted molar refractivity (Wildman–Crippen MR) is 102 cm³/mol. The number of carboxylic acid groups (broad SMARTS) is 1. The fraction of sp³-hybridized carbons (Fsp3) is 0.0952. The molecular formula is C21H16FN3O4. The fourth-order valence-corrected chi connectivity index (χ4v) is 2.88. The Morgan fingerprint density at radius 1 is 1.07 bits per heavy atom. The van der Waals surface area contributed by atoms with E-state index in [2.05, 4.69) is 9.97 Å². The number of nitrogens with zero attached hydrogens (tertiary/aromatic N) is 3. The molecule has 4 aromatic rings. The quantitative estimate of drug-likeness (QED) is 0.515. The zero-order chi connectivity index (χ0) is 20.2. The summed E-state index contributed by atoms with van der Waals surface area (Å²) < 4.78 is 26.9. The molecule has 29 heavy (non-hydrogen) atoms. The largest absolute Gasteiger partial charge is 0.464 e. The van der Waals surface area contributed by atoms with Crippen LogP contribution in [0.4, 0.5) is 9.18 Å². The van der Waals surface area contributed by atoms with E-state index in [0.717, 1.165) is 10.1 Å². The maximum atomic E-state index is 14.7. The molecule has 2 aromatic carbocycles. The lowest BCUT2D eigenvalue weighted by molar-refractivity contribution is 0.104. The van der Waals surface area contributed by atoms with Crippen molar-refractivity contribution >= 4 is 17.0 Å². The van der Waals surface area contributed by atoms with Gasteiger partial charge in [-0.05, 0) is 23.8 Å². The minimum atomic E-state index is -1.19. The number of ether oxygens (including phenoxy) is 2. The number of carbonyl (C=O) groups is 1. The Labute approximate surface area is 165 Å². The van der Waals surface area contributed by atoms with Crippen LogP contribution in [0.15, 0.2) is 67.1 Å². The molecule has 0 aliphatic carbocycles. The fourth-order valence-electron chi connectivity index (χ4n) is 2.88. The van der Waals surface area contributed by atoms with Gasteiger partial charge < -0.3 is 14.6 Å². The standard InChI is InChI=1S/C21H16FN3O4/c22-20-16-8-9-25(21(26)27)17(16)6-7-18(20)29-19-10-15(23-13-24-19)12-28-11-14-4-2-1-3-5-14/h1-10,13H,11-12H2,(H,26,27). The van der Waals surface area contributed by atoms with E-state index in [0.29, 0.717) is 12.3 Å². The summed E-state index contributed by atoms with van der Waals surface area (Å²) in [6, 6.07) is 15.5. The highest BCUT2D eigenvalue weighted by Gasteiger charge is 2.15. The lowest BCUT2D eigenvalue weighted by Gasteiger charge is -2.08. The first kappa shape index (κ1) is 18.6. The van der Waals surface area contributed by atoms with Crippen molar-refractivity contribution in [3.05, 3.63) is 84.2 Å². The van der Waals surface area contributed by atoms with Gasteiger partial charge in [0, 0.05) is 17.6 Å².